The van der Waals surface area contributed by atoms with Gasteiger partial charge in [-0.1, -0.05) is 12.1 Å². The third-order valence-electron chi connectivity index (χ3n) is 3.29. The maximum Gasteiger partial charge on any atom is 0.416 e. The fourth-order valence-electron chi connectivity index (χ4n) is 2.17. The number of aromatic carboxylic acids is 1. The summed E-state index contributed by atoms with van der Waals surface area (Å²) in [7, 11) is 0. The van der Waals surface area contributed by atoms with E-state index in [1.807, 2.05) is 0 Å². The van der Waals surface area contributed by atoms with Gasteiger partial charge in [0, 0.05) is 6.20 Å². The lowest BCUT2D eigenvalue weighted by Gasteiger charge is -2.11. The van der Waals surface area contributed by atoms with Crippen LogP contribution in [0, 0.1) is 0 Å². The molecule has 0 aliphatic carbocycles. The van der Waals surface area contributed by atoms with Crippen LogP contribution in [0.1, 0.15) is 15.9 Å². The number of fused-ring (bicyclic) bond motifs is 1. The number of hydrogen-bond acceptors (Lipinski definition) is 4. The van der Waals surface area contributed by atoms with Crippen LogP contribution in [0.3, 0.4) is 0 Å². The lowest BCUT2D eigenvalue weighted by molar-refractivity contribution is -0.137. The first-order valence-electron chi connectivity index (χ1n) is 6.87. The van der Waals surface area contributed by atoms with Crippen LogP contribution < -0.4 is 10.3 Å². The van der Waals surface area contributed by atoms with Crippen LogP contribution in [0.25, 0.3) is 5.65 Å². The second-order valence-electron chi connectivity index (χ2n) is 4.96. The number of aromatic nitrogens is 2. The van der Waals surface area contributed by atoms with Gasteiger partial charge in [-0.05, 0) is 30.3 Å². The minimum atomic E-state index is -4.59. The lowest BCUT2D eigenvalue weighted by atomic mass is 10.2. The van der Waals surface area contributed by atoms with E-state index in [0.717, 1.165) is 16.5 Å². The van der Waals surface area contributed by atoms with Crippen LogP contribution in [0.15, 0.2) is 53.5 Å². The first-order chi connectivity index (χ1) is 11.8. The molecule has 0 aliphatic heterocycles. The lowest BCUT2D eigenvalue weighted by Crippen LogP contribution is -2.24. The molecule has 0 spiro atoms. The van der Waals surface area contributed by atoms with Gasteiger partial charge in [-0.15, -0.1) is 0 Å². The van der Waals surface area contributed by atoms with Crippen molar-refractivity contribution in [2.75, 3.05) is 0 Å². The summed E-state index contributed by atoms with van der Waals surface area (Å²) < 4.78 is 44.5. The van der Waals surface area contributed by atoms with E-state index in [4.69, 9.17) is 4.74 Å². The molecule has 2 heterocycles. The van der Waals surface area contributed by atoms with Gasteiger partial charge in [-0.3, -0.25) is 9.20 Å². The van der Waals surface area contributed by atoms with Crippen molar-refractivity contribution < 1.29 is 27.8 Å². The van der Waals surface area contributed by atoms with Crippen molar-refractivity contribution >= 4 is 11.6 Å². The molecular formula is C16H9F3N2O4. The Hall–Kier alpha value is -3.36. The summed E-state index contributed by atoms with van der Waals surface area (Å²) in [6.07, 6.45) is -3.27. The van der Waals surface area contributed by atoms with Crippen LogP contribution in [-0.2, 0) is 6.18 Å². The first-order valence-corrected chi connectivity index (χ1v) is 6.87. The van der Waals surface area contributed by atoms with E-state index >= 15 is 0 Å². The highest BCUT2D eigenvalue weighted by atomic mass is 19.4. The number of rotatable bonds is 3. The number of carbonyl (C=O) groups is 1. The zero-order chi connectivity index (χ0) is 18.2. The summed E-state index contributed by atoms with van der Waals surface area (Å²) in [5.41, 5.74) is -2.56. The molecule has 1 N–H and O–H groups in total. The van der Waals surface area contributed by atoms with Crippen molar-refractivity contribution in [1.82, 2.24) is 9.38 Å². The van der Waals surface area contributed by atoms with Crippen LogP contribution in [0.4, 0.5) is 13.2 Å². The van der Waals surface area contributed by atoms with Crippen LogP contribution in [0.5, 0.6) is 11.6 Å². The topological polar surface area (TPSA) is 80.9 Å². The molecule has 0 radical (unpaired) electrons. The smallest absolute Gasteiger partial charge is 0.416 e. The Morgan fingerprint density at radius 2 is 1.92 bits per heavy atom. The number of hydrogen-bond donors (Lipinski definition) is 1. The predicted molar refractivity (Wildman–Crippen MR) is 79.9 cm³/mol. The van der Waals surface area contributed by atoms with E-state index in [1.165, 1.54) is 24.4 Å². The molecule has 2 aromatic heterocycles. The quantitative estimate of drug-likeness (QED) is 0.785. The molecule has 3 rings (SSSR count). The molecule has 128 valence electrons. The Morgan fingerprint density at radius 3 is 2.60 bits per heavy atom. The van der Waals surface area contributed by atoms with Gasteiger partial charge in [0.25, 0.3) is 5.56 Å². The van der Waals surface area contributed by atoms with Crippen molar-refractivity contribution in [3.63, 3.8) is 0 Å². The van der Waals surface area contributed by atoms with Gasteiger partial charge < -0.3 is 9.84 Å². The van der Waals surface area contributed by atoms with E-state index < -0.39 is 34.7 Å². The Balaban J connectivity index is 2.15. The Labute approximate surface area is 137 Å². The van der Waals surface area contributed by atoms with Gasteiger partial charge in [0.15, 0.2) is 5.56 Å². The summed E-state index contributed by atoms with van der Waals surface area (Å²) in [5, 5.41) is 9.25. The normalized spacial score (nSPS) is 11.5. The SMILES string of the molecule is O=C(O)c1c(Oc2cccc(C(F)(F)F)c2)nc2ccccn2c1=O. The van der Waals surface area contributed by atoms with Gasteiger partial charge in [0.2, 0.25) is 5.88 Å². The standard InChI is InChI=1S/C16H9F3N2O4/c17-16(18,19)9-4-3-5-10(8-9)25-13-12(15(23)24)14(22)21-7-2-1-6-11(21)20-13/h1-8H,(H,23,24). The predicted octanol–water partition coefficient (Wildman–Crippen LogP) is 3.20. The number of pyridine rings is 1. The number of alkyl halides is 3. The van der Waals surface area contributed by atoms with Gasteiger partial charge in [-0.2, -0.15) is 18.2 Å². The fourth-order valence-corrected chi connectivity index (χ4v) is 2.17. The van der Waals surface area contributed by atoms with E-state index in [0.29, 0.717) is 6.07 Å². The van der Waals surface area contributed by atoms with Crippen molar-refractivity contribution in [3.8, 4) is 11.6 Å². The summed E-state index contributed by atoms with van der Waals surface area (Å²) in [6.45, 7) is 0. The Morgan fingerprint density at radius 1 is 1.16 bits per heavy atom. The number of halogens is 3. The summed E-state index contributed by atoms with van der Waals surface area (Å²) in [4.78, 5) is 27.6. The molecule has 0 saturated carbocycles. The summed E-state index contributed by atoms with van der Waals surface area (Å²) in [5.74, 6) is -2.47. The summed E-state index contributed by atoms with van der Waals surface area (Å²) >= 11 is 0. The monoisotopic (exact) mass is 350 g/mol. The van der Waals surface area contributed by atoms with Gasteiger partial charge in [-0.25, -0.2) is 4.79 Å². The molecule has 0 saturated heterocycles. The minimum absolute atomic E-state index is 0.0967. The summed E-state index contributed by atoms with van der Waals surface area (Å²) in [6, 6.07) is 8.35. The van der Waals surface area contributed by atoms with Crippen LogP contribution >= 0.6 is 0 Å². The molecule has 0 amide bonds. The Bertz CT molecular complexity index is 1030. The number of carboxylic acids is 1. The third-order valence-corrected chi connectivity index (χ3v) is 3.29. The molecule has 0 unspecified atom stereocenters. The molecule has 0 aliphatic rings. The molecule has 0 bridgehead atoms. The fraction of sp³-hybridized carbons (Fsp3) is 0.0625. The second-order valence-corrected chi connectivity index (χ2v) is 4.96. The number of nitrogens with zero attached hydrogens (tertiary/aromatic N) is 2. The average molecular weight is 350 g/mol. The minimum Gasteiger partial charge on any atom is -0.477 e. The molecule has 25 heavy (non-hydrogen) atoms. The average Bonchev–Trinajstić information content (AvgIpc) is 2.54. The number of benzene rings is 1. The van der Waals surface area contributed by atoms with Crippen molar-refractivity contribution in [2.45, 2.75) is 6.18 Å². The Kier molecular flexibility index (Phi) is 3.91. The second kappa shape index (κ2) is 5.93. The van der Waals surface area contributed by atoms with E-state index in [1.54, 1.807) is 6.07 Å². The molecular weight excluding hydrogens is 341 g/mol. The van der Waals surface area contributed by atoms with Crippen molar-refractivity contribution in [3.05, 3.63) is 70.1 Å². The van der Waals surface area contributed by atoms with Gasteiger partial charge in [0.05, 0.1) is 5.56 Å². The van der Waals surface area contributed by atoms with Crippen LogP contribution in [-0.4, -0.2) is 20.5 Å². The molecule has 6 nitrogen and oxygen atoms in total. The van der Waals surface area contributed by atoms with E-state index in [9.17, 15) is 27.9 Å². The molecule has 9 heteroatoms. The van der Waals surface area contributed by atoms with Crippen molar-refractivity contribution in [1.29, 1.82) is 0 Å². The highest BCUT2D eigenvalue weighted by molar-refractivity contribution is 5.90. The third kappa shape index (κ3) is 3.16. The maximum atomic E-state index is 12.8. The highest BCUT2D eigenvalue weighted by Gasteiger charge is 2.31. The van der Waals surface area contributed by atoms with Gasteiger partial charge >= 0.3 is 12.1 Å². The highest BCUT2D eigenvalue weighted by Crippen LogP contribution is 2.32. The molecule has 0 atom stereocenters. The number of ether oxygens (including phenoxy) is 1. The molecule has 1 aromatic carbocycles. The first kappa shape index (κ1) is 16.5. The zero-order valence-electron chi connectivity index (χ0n) is 12.3. The maximum absolute atomic E-state index is 12.8. The number of carboxylic acid groups (broad SMARTS) is 1. The largest absolute Gasteiger partial charge is 0.477 e. The molecule has 3 aromatic rings. The van der Waals surface area contributed by atoms with Crippen molar-refractivity contribution in [2.24, 2.45) is 0 Å². The van der Waals surface area contributed by atoms with Crippen LogP contribution in [0.2, 0.25) is 0 Å². The van der Waals surface area contributed by atoms with E-state index in [-0.39, 0.29) is 11.4 Å². The molecule has 0 fully saturated rings. The zero-order valence-corrected chi connectivity index (χ0v) is 12.3. The van der Waals surface area contributed by atoms with E-state index in [2.05, 4.69) is 4.98 Å². The van der Waals surface area contributed by atoms with Gasteiger partial charge in [0.1, 0.15) is 11.4 Å².